The number of hydrogen-bond acceptors (Lipinski definition) is 5. The highest BCUT2D eigenvalue weighted by molar-refractivity contribution is 7.93. The number of carbonyl (C=O) groups is 1. The van der Waals surface area contributed by atoms with Gasteiger partial charge in [0, 0.05) is 18.5 Å². The quantitative estimate of drug-likeness (QED) is 0.901. The van der Waals surface area contributed by atoms with Gasteiger partial charge in [-0.05, 0) is 18.2 Å². The smallest absolute Gasteiger partial charge is 0.263 e. The van der Waals surface area contributed by atoms with E-state index in [0.717, 1.165) is 0 Å². The maximum Gasteiger partial charge on any atom is 0.263 e. The Balaban J connectivity index is 2.29. The van der Waals surface area contributed by atoms with Crippen molar-refractivity contribution in [3.63, 3.8) is 0 Å². The monoisotopic (exact) mass is 331 g/mol. The van der Waals surface area contributed by atoms with Gasteiger partial charge in [0.25, 0.3) is 10.0 Å². The predicted octanol–water partition coefficient (Wildman–Crippen LogP) is 2.56. The highest BCUT2D eigenvalue weighted by Gasteiger charge is 2.17. The van der Waals surface area contributed by atoms with Crippen molar-refractivity contribution in [1.82, 2.24) is 4.98 Å². The van der Waals surface area contributed by atoms with Crippen LogP contribution in [0.5, 0.6) is 0 Å². The van der Waals surface area contributed by atoms with Crippen LogP contribution in [0.25, 0.3) is 0 Å². The standard InChI is InChI=1S/C11H10ClN3O3S2/c1-7(16)14-10-3-2-8(6-9(10)12)20(17,18)15-11-13-4-5-19-11/h2-6H,1H3,(H,13,15)(H,14,16). The fraction of sp³-hybridized carbons (Fsp3) is 0.0909. The van der Waals surface area contributed by atoms with Crippen molar-refractivity contribution in [3.8, 4) is 0 Å². The van der Waals surface area contributed by atoms with Gasteiger partial charge in [-0.2, -0.15) is 0 Å². The molecule has 0 atom stereocenters. The Labute approximate surface area is 124 Å². The largest absolute Gasteiger partial charge is 0.325 e. The number of thiazole rings is 1. The number of nitrogens with zero attached hydrogens (tertiary/aromatic N) is 1. The van der Waals surface area contributed by atoms with E-state index in [9.17, 15) is 13.2 Å². The van der Waals surface area contributed by atoms with Gasteiger partial charge in [-0.25, -0.2) is 13.4 Å². The molecule has 0 bridgehead atoms. The summed E-state index contributed by atoms with van der Waals surface area (Å²) < 4.78 is 26.5. The predicted molar refractivity (Wildman–Crippen MR) is 78.7 cm³/mol. The van der Waals surface area contributed by atoms with Crippen LogP contribution in [-0.4, -0.2) is 19.3 Å². The van der Waals surface area contributed by atoms with E-state index < -0.39 is 10.0 Å². The molecule has 2 aromatic rings. The van der Waals surface area contributed by atoms with Crippen LogP contribution >= 0.6 is 22.9 Å². The summed E-state index contributed by atoms with van der Waals surface area (Å²) in [5, 5.41) is 4.57. The molecule has 1 aromatic heterocycles. The maximum absolute atomic E-state index is 12.1. The van der Waals surface area contributed by atoms with Gasteiger partial charge >= 0.3 is 0 Å². The minimum atomic E-state index is -3.75. The summed E-state index contributed by atoms with van der Waals surface area (Å²) in [7, 11) is -3.75. The molecule has 0 saturated heterocycles. The van der Waals surface area contributed by atoms with E-state index in [-0.39, 0.29) is 21.0 Å². The number of rotatable bonds is 4. The van der Waals surface area contributed by atoms with Crippen LogP contribution in [0, 0.1) is 0 Å². The van der Waals surface area contributed by atoms with Crippen molar-refractivity contribution in [2.45, 2.75) is 11.8 Å². The third-order valence-electron chi connectivity index (χ3n) is 2.22. The van der Waals surface area contributed by atoms with E-state index in [0.29, 0.717) is 5.69 Å². The summed E-state index contributed by atoms with van der Waals surface area (Å²) in [6.45, 7) is 1.34. The molecule has 2 rings (SSSR count). The van der Waals surface area contributed by atoms with Crippen LogP contribution in [0.3, 0.4) is 0 Å². The van der Waals surface area contributed by atoms with Crippen LogP contribution < -0.4 is 10.0 Å². The summed E-state index contributed by atoms with van der Waals surface area (Å²) >= 11 is 7.11. The minimum Gasteiger partial charge on any atom is -0.325 e. The second-order valence-electron chi connectivity index (χ2n) is 3.77. The zero-order chi connectivity index (χ0) is 14.8. The first-order valence-electron chi connectivity index (χ1n) is 5.38. The van der Waals surface area contributed by atoms with Crippen LogP contribution in [-0.2, 0) is 14.8 Å². The van der Waals surface area contributed by atoms with E-state index in [1.165, 1.54) is 42.7 Å². The summed E-state index contributed by atoms with van der Waals surface area (Å²) in [5.41, 5.74) is 0.354. The first-order valence-corrected chi connectivity index (χ1v) is 8.12. The number of carbonyl (C=O) groups excluding carboxylic acids is 1. The highest BCUT2D eigenvalue weighted by atomic mass is 35.5. The normalized spacial score (nSPS) is 11.1. The maximum atomic E-state index is 12.1. The summed E-state index contributed by atoms with van der Waals surface area (Å²) in [6.07, 6.45) is 1.50. The Morgan fingerprint density at radius 3 is 2.70 bits per heavy atom. The fourth-order valence-corrected chi connectivity index (χ4v) is 3.51. The zero-order valence-electron chi connectivity index (χ0n) is 10.3. The number of anilines is 2. The van der Waals surface area contributed by atoms with Gasteiger partial charge in [0.15, 0.2) is 5.13 Å². The van der Waals surface area contributed by atoms with Crippen LogP contribution in [0.15, 0.2) is 34.7 Å². The molecule has 106 valence electrons. The van der Waals surface area contributed by atoms with E-state index in [2.05, 4.69) is 15.0 Å². The topological polar surface area (TPSA) is 88.2 Å². The Kier molecular flexibility index (Phi) is 4.26. The van der Waals surface area contributed by atoms with Gasteiger partial charge in [0.2, 0.25) is 5.91 Å². The van der Waals surface area contributed by atoms with E-state index in [1.54, 1.807) is 5.38 Å². The molecule has 9 heteroatoms. The van der Waals surface area contributed by atoms with Crippen molar-refractivity contribution in [2.24, 2.45) is 0 Å². The number of amides is 1. The van der Waals surface area contributed by atoms with Crippen LogP contribution in [0.4, 0.5) is 10.8 Å². The number of sulfonamides is 1. The van der Waals surface area contributed by atoms with Gasteiger partial charge < -0.3 is 5.32 Å². The van der Waals surface area contributed by atoms with Crippen molar-refractivity contribution < 1.29 is 13.2 Å². The molecule has 0 fully saturated rings. The number of benzene rings is 1. The summed E-state index contributed by atoms with van der Waals surface area (Å²) in [4.78, 5) is 14.8. The molecule has 6 nitrogen and oxygen atoms in total. The van der Waals surface area contributed by atoms with Crippen molar-refractivity contribution in [3.05, 3.63) is 34.8 Å². The average molecular weight is 332 g/mol. The number of hydrogen-bond donors (Lipinski definition) is 2. The fourth-order valence-electron chi connectivity index (χ4n) is 1.40. The molecular weight excluding hydrogens is 322 g/mol. The van der Waals surface area contributed by atoms with Gasteiger partial charge in [-0.3, -0.25) is 9.52 Å². The lowest BCUT2D eigenvalue weighted by atomic mass is 10.3. The molecule has 0 aliphatic heterocycles. The third kappa shape index (κ3) is 3.47. The van der Waals surface area contributed by atoms with Gasteiger partial charge in [-0.1, -0.05) is 11.6 Å². The van der Waals surface area contributed by atoms with Gasteiger partial charge in [0.1, 0.15) is 0 Å². The SMILES string of the molecule is CC(=O)Nc1ccc(S(=O)(=O)Nc2nccs2)cc1Cl. The molecule has 1 aromatic carbocycles. The van der Waals surface area contributed by atoms with E-state index in [4.69, 9.17) is 11.6 Å². The van der Waals surface area contributed by atoms with Crippen molar-refractivity contribution in [1.29, 1.82) is 0 Å². The molecule has 0 aliphatic rings. The zero-order valence-corrected chi connectivity index (χ0v) is 12.6. The lowest BCUT2D eigenvalue weighted by molar-refractivity contribution is -0.114. The van der Waals surface area contributed by atoms with Crippen LogP contribution in [0.1, 0.15) is 6.92 Å². The number of halogens is 1. The molecule has 1 heterocycles. The lowest BCUT2D eigenvalue weighted by Crippen LogP contribution is -2.13. The van der Waals surface area contributed by atoms with Crippen molar-refractivity contribution in [2.75, 3.05) is 10.0 Å². The molecule has 1 amide bonds. The Hall–Kier alpha value is -1.64. The Morgan fingerprint density at radius 1 is 1.40 bits per heavy atom. The molecule has 20 heavy (non-hydrogen) atoms. The van der Waals surface area contributed by atoms with E-state index in [1.807, 2.05) is 0 Å². The molecule has 0 aliphatic carbocycles. The second-order valence-corrected chi connectivity index (χ2v) is 6.75. The van der Waals surface area contributed by atoms with Gasteiger partial charge in [-0.15, -0.1) is 11.3 Å². The number of nitrogens with one attached hydrogen (secondary N) is 2. The molecule has 0 unspecified atom stereocenters. The molecule has 2 N–H and O–H groups in total. The Bertz CT molecular complexity index is 729. The second kappa shape index (κ2) is 5.78. The van der Waals surface area contributed by atoms with Crippen LogP contribution in [0.2, 0.25) is 5.02 Å². The molecular formula is C11H10ClN3O3S2. The highest BCUT2D eigenvalue weighted by Crippen LogP contribution is 2.26. The molecule has 0 spiro atoms. The van der Waals surface area contributed by atoms with Gasteiger partial charge in [0.05, 0.1) is 15.6 Å². The average Bonchev–Trinajstić information content (AvgIpc) is 2.83. The lowest BCUT2D eigenvalue weighted by Gasteiger charge is -2.08. The third-order valence-corrected chi connectivity index (χ3v) is 4.68. The summed E-state index contributed by atoms with van der Waals surface area (Å²) in [6, 6.07) is 4.05. The number of aromatic nitrogens is 1. The first kappa shape index (κ1) is 14.8. The minimum absolute atomic E-state index is 0.00759. The first-order chi connectivity index (χ1) is 9.38. The van der Waals surface area contributed by atoms with Crippen molar-refractivity contribution >= 4 is 49.7 Å². The Morgan fingerprint density at radius 2 is 2.15 bits per heavy atom. The molecule has 0 saturated carbocycles. The summed E-state index contributed by atoms with van der Waals surface area (Å²) in [5.74, 6) is -0.289. The van der Waals surface area contributed by atoms with E-state index >= 15 is 0 Å². The molecule has 0 radical (unpaired) electrons.